The van der Waals surface area contributed by atoms with Crippen LogP contribution in [-0.4, -0.2) is 36.6 Å². The summed E-state index contributed by atoms with van der Waals surface area (Å²) >= 11 is 7.45. The molecule has 1 amide bonds. The lowest BCUT2D eigenvalue weighted by atomic mass is 10.0. The highest BCUT2D eigenvalue weighted by Crippen LogP contribution is 2.43. The number of phenols is 1. The van der Waals surface area contributed by atoms with Gasteiger partial charge in [-0.05, 0) is 23.3 Å². The summed E-state index contributed by atoms with van der Waals surface area (Å²) in [7, 11) is 0. The van der Waals surface area contributed by atoms with Crippen molar-refractivity contribution in [3.63, 3.8) is 0 Å². The van der Waals surface area contributed by atoms with Crippen LogP contribution in [0.1, 0.15) is 25.8 Å². The number of alkyl halides is 2. The summed E-state index contributed by atoms with van der Waals surface area (Å²) in [5.41, 5.74) is 1.79. The van der Waals surface area contributed by atoms with E-state index in [1.54, 1.807) is 16.4 Å². The zero-order chi connectivity index (χ0) is 18.6. The fourth-order valence-electron chi connectivity index (χ4n) is 2.60. The third kappa shape index (κ3) is 4.56. The van der Waals surface area contributed by atoms with Crippen molar-refractivity contribution >= 4 is 40.9 Å². The van der Waals surface area contributed by atoms with Crippen LogP contribution < -0.4 is 14.3 Å². The van der Waals surface area contributed by atoms with Gasteiger partial charge in [0, 0.05) is 19.0 Å². The van der Waals surface area contributed by atoms with Crippen LogP contribution in [0.15, 0.2) is 18.2 Å². The summed E-state index contributed by atoms with van der Waals surface area (Å²) in [5, 5.41) is 13.4. The summed E-state index contributed by atoms with van der Waals surface area (Å²) in [6.07, 6.45) is -0.909. The Morgan fingerprint density at radius 3 is 2.76 bits per heavy atom. The normalized spacial score (nSPS) is 19.6. The molecule has 5 nitrogen and oxygen atoms in total. The first-order valence-corrected chi connectivity index (χ1v) is 9.08. The van der Waals surface area contributed by atoms with Gasteiger partial charge in [-0.1, -0.05) is 31.5 Å². The summed E-state index contributed by atoms with van der Waals surface area (Å²) < 4.78 is 29.1. The number of nitrogens with one attached hydrogen (secondary N) is 2. The van der Waals surface area contributed by atoms with Crippen LogP contribution in [0.2, 0.25) is 5.02 Å². The SMILES string of the molecule is CC.O=C1CN(c2c(O)ccc(C3=C[C@@H](CC(F)F)NC3)c2Cl)SN1. The number of anilines is 1. The van der Waals surface area contributed by atoms with Crippen LogP contribution in [0.25, 0.3) is 5.57 Å². The number of hydrogen-bond acceptors (Lipinski definition) is 5. The second kappa shape index (κ2) is 8.73. The van der Waals surface area contributed by atoms with E-state index < -0.39 is 12.5 Å². The van der Waals surface area contributed by atoms with Gasteiger partial charge in [-0.3, -0.25) is 13.8 Å². The lowest BCUT2D eigenvalue weighted by Crippen LogP contribution is -2.24. The predicted molar refractivity (Wildman–Crippen MR) is 97.9 cm³/mol. The first kappa shape index (κ1) is 19.8. The van der Waals surface area contributed by atoms with Crippen LogP contribution in [0, 0.1) is 0 Å². The third-order valence-corrected chi connectivity index (χ3v) is 4.87. The van der Waals surface area contributed by atoms with E-state index in [0.29, 0.717) is 22.8 Å². The van der Waals surface area contributed by atoms with Crippen LogP contribution >= 0.6 is 23.7 Å². The molecule has 2 aliphatic heterocycles. The number of nitrogens with zero attached hydrogens (tertiary/aromatic N) is 1. The van der Waals surface area contributed by atoms with Crippen molar-refractivity contribution in [3.8, 4) is 5.75 Å². The molecule has 3 N–H and O–H groups in total. The summed E-state index contributed by atoms with van der Waals surface area (Å²) in [4.78, 5) is 11.3. The molecule has 1 aromatic carbocycles. The van der Waals surface area contributed by atoms with E-state index in [1.165, 1.54) is 6.07 Å². The quantitative estimate of drug-likeness (QED) is 0.685. The van der Waals surface area contributed by atoms with E-state index in [-0.39, 0.29) is 24.6 Å². The molecule has 0 aromatic heterocycles. The summed E-state index contributed by atoms with van der Waals surface area (Å²) in [5.74, 6) is -0.229. The number of phenolic OH excluding ortho intramolecular Hbond substituents is 1. The molecule has 0 saturated carbocycles. The van der Waals surface area contributed by atoms with Crippen LogP contribution in [0.4, 0.5) is 14.5 Å². The second-order valence-electron chi connectivity index (χ2n) is 5.25. The van der Waals surface area contributed by atoms with E-state index in [1.807, 2.05) is 13.8 Å². The molecule has 0 unspecified atom stereocenters. The Morgan fingerprint density at radius 2 is 2.16 bits per heavy atom. The van der Waals surface area contributed by atoms with Gasteiger partial charge in [0.2, 0.25) is 6.43 Å². The van der Waals surface area contributed by atoms with E-state index in [9.17, 15) is 18.7 Å². The van der Waals surface area contributed by atoms with Crippen molar-refractivity contribution in [2.75, 3.05) is 17.4 Å². The molecule has 0 radical (unpaired) electrons. The lowest BCUT2D eigenvalue weighted by molar-refractivity contribution is -0.117. The average Bonchev–Trinajstić information content (AvgIpc) is 3.18. The molecule has 2 aliphatic rings. The van der Waals surface area contributed by atoms with Gasteiger partial charge in [0.25, 0.3) is 5.91 Å². The molecule has 25 heavy (non-hydrogen) atoms. The Balaban J connectivity index is 0.00000109. The maximum absolute atomic E-state index is 12.5. The molecule has 0 spiro atoms. The fourth-order valence-corrected chi connectivity index (χ4v) is 3.76. The van der Waals surface area contributed by atoms with Crippen LogP contribution in [-0.2, 0) is 4.79 Å². The molecule has 2 heterocycles. The van der Waals surface area contributed by atoms with E-state index in [2.05, 4.69) is 10.0 Å². The maximum Gasteiger partial charge on any atom is 0.251 e. The number of hydrogen-bond donors (Lipinski definition) is 3. The maximum atomic E-state index is 12.5. The Hall–Kier alpha value is -1.51. The minimum Gasteiger partial charge on any atom is -0.506 e. The van der Waals surface area contributed by atoms with Crippen molar-refractivity contribution in [1.29, 1.82) is 0 Å². The van der Waals surface area contributed by atoms with Gasteiger partial charge in [-0.25, -0.2) is 8.78 Å². The monoisotopic (exact) mass is 391 g/mol. The highest BCUT2D eigenvalue weighted by atomic mass is 35.5. The standard InChI is InChI=1S/C14H14ClF2N3O2S.C2H6/c15-13-9(7-3-8(18-5-7)4-11(16)17)1-2-10(21)14(13)20-6-12(22)19-23-20;1-2/h1-3,8,11,18,21H,4-6H2,(H,19,22);1-2H3/t8-;/m0./s1. The zero-order valence-corrected chi connectivity index (χ0v) is 15.4. The largest absolute Gasteiger partial charge is 0.506 e. The van der Waals surface area contributed by atoms with Gasteiger partial charge in [-0.2, -0.15) is 0 Å². The van der Waals surface area contributed by atoms with Gasteiger partial charge < -0.3 is 10.4 Å². The summed E-state index contributed by atoms with van der Waals surface area (Å²) in [6, 6.07) is 2.74. The number of carbonyl (C=O) groups is 1. The molecule has 3 rings (SSSR count). The Labute approximate surface area is 154 Å². The minimum absolute atomic E-state index is 0.0431. The minimum atomic E-state index is -2.38. The highest BCUT2D eigenvalue weighted by Gasteiger charge is 2.28. The first-order chi connectivity index (χ1) is 12.0. The molecule has 0 bridgehead atoms. The van der Waals surface area contributed by atoms with E-state index in [0.717, 1.165) is 17.7 Å². The van der Waals surface area contributed by atoms with Crippen molar-refractivity contribution in [3.05, 3.63) is 28.8 Å². The lowest BCUT2D eigenvalue weighted by Gasteiger charge is -2.19. The number of carbonyl (C=O) groups excluding carboxylic acids is 1. The Morgan fingerprint density at radius 1 is 1.44 bits per heavy atom. The van der Waals surface area contributed by atoms with E-state index >= 15 is 0 Å². The Bertz CT molecular complexity index is 673. The number of benzene rings is 1. The molecule has 9 heteroatoms. The smallest absolute Gasteiger partial charge is 0.251 e. The van der Waals surface area contributed by atoms with E-state index in [4.69, 9.17) is 11.6 Å². The fraction of sp³-hybridized carbons (Fsp3) is 0.438. The van der Waals surface area contributed by atoms with Crippen LogP contribution in [0.5, 0.6) is 5.75 Å². The first-order valence-electron chi connectivity index (χ1n) is 7.93. The van der Waals surface area contributed by atoms with Crippen molar-refractivity contribution in [2.45, 2.75) is 32.7 Å². The molecule has 1 atom stereocenters. The second-order valence-corrected chi connectivity index (χ2v) is 6.46. The highest BCUT2D eigenvalue weighted by molar-refractivity contribution is 7.99. The number of halogens is 3. The molecular formula is C16H20ClF2N3O2S. The third-order valence-electron chi connectivity index (χ3n) is 3.64. The van der Waals surface area contributed by atoms with Gasteiger partial charge in [0.1, 0.15) is 18.0 Å². The van der Waals surface area contributed by atoms with Gasteiger partial charge in [0.15, 0.2) is 0 Å². The van der Waals surface area contributed by atoms with Crippen molar-refractivity contribution < 1.29 is 18.7 Å². The topological polar surface area (TPSA) is 64.6 Å². The van der Waals surface area contributed by atoms with Gasteiger partial charge in [-0.15, -0.1) is 0 Å². The van der Waals surface area contributed by atoms with Crippen molar-refractivity contribution in [2.24, 2.45) is 0 Å². The van der Waals surface area contributed by atoms with Crippen molar-refractivity contribution in [1.82, 2.24) is 10.0 Å². The molecular weight excluding hydrogens is 372 g/mol. The molecule has 0 aliphatic carbocycles. The number of rotatable bonds is 4. The predicted octanol–water partition coefficient (Wildman–Crippen LogP) is 3.58. The van der Waals surface area contributed by atoms with Gasteiger partial charge >= 0.3 is 0 Å². The Kier molecular flexibility index (Phi) is 6.92. The van der Waals surface area contributed by atoms with Crippen LogP contribution in [0.3, 0.4) is 0 Å². The zero-order valence-electron chi connectivity index (χ0n) is 13.9. The molecule has 1 fully saturated rings. The molecule has 138 valence electrons. The average molecular weight is 392 g/mol. The number of aromatic hydroxyl groups is 1. The molecule has 1 aromatic rings. The summed E-state index contributed by atoms with van der Waals surface area (Å²) in [6.45, 7) is 4.50. The van der Waals surface area contributed by atoms with Gasteiger partial charge in [0.05, 0.1) is 17.2 Å². The molecule has 1 saturated heterocycles. The number of amides is 1.